The fraction of sp³-hybridized carbons (Fsp3) is 0.0769. The summed E-state index contributed by atoms with van der Waals surface area (Å²) < 4.78 is 13.2. The first-order chi connectivity index (χ1) is 8.56. The fourth-order valence-corrected chi connectivity index (χ4v) is 1.41. The van der Waals surface area contributed by atoms with E-state index < -0.39 is 11.7 Å². The summed E-state index contributed by atoms with van der Waals surface area (Å²) >= 11 is 0. The average molecular weight is 245 g/mol. The third-order valence-electron chi connectivity index (χ3n) is 2.43. The van der Waals surface area contributed by atoms with Crippen LogP contribution in [-0.2, 0) is 0 Å². The number of rotatable bonds is 2. The predicted molar refractivity (Wildman–Crippen MR) is 67.7 cm³/mol. The van der Waals surface area contributed by atoms with Gasteiger partial charge in [0.2, 0.25) is 0 Å². The first kappa shape index (κ1) is 12.0. The number of nitrogens with two attached hydrogens (primary N) is 1. The second-order valence-electron chi connectivity index (χ2n) is 3.88. The molecule has 0 aliphatic rings. The van der Waals surface area contributed by atoms with Crippen LogP contribution in [0.4, 0.5) is 15.8 Å². The molecule has 1 aromatic heterocycles. The Kier molecular flexibility index (Phi) is 3.23. The minimum Gasteiger partial charge on any atom is -0.396 e. The Morgan fingerprint density at radius 1 is 1.33 bits per heavy atom. The van der Waals surface area contributed by atoms with Gasteiger partial charge in [-0.2, -0.15) is 0 Å². The number of carbonyl (C=O) groups excluding carboxylic acids is 1. The predicted octanol–water partition coefficient (Wildman–Crippen LogP) is 2.36. The molecule has 1 amide bonds. The third-order valence-corrected chi connectivity index (χ3v) is 2.43. The van der Waals surface area contributed by atoms with Gasteiger partial charge in [-0.1, -0.05) is 0 Å². The number of benzene rings is 1. The summed E-state index contributed by atoms with van der Waals surface area (Å²) in [6.45, 7) is 1.85. The van der Waals surface area contributed by atoms with Crippen LogP contribution in [0, 0.1) is 12.7 Å². The number of aromatic nitrogens is 1. The summed E-state index contributed by atoms with van der Waals surface area (Å²) in [5.74, 6) is -1.01. The Hall–Kier alpha value is -2.43. The van der Waals surface area contributed by atoms with E-state index in [9.17, 15) is 9.18 Å². The molecule has 0 bridgehead atoms. The molecule has 0 unspecified atom stereocenters. The van der Waals surface area contributed by atoms with Gasteiger partial charge in [0.15, 0.2) is 0 Å². The molecule has 0 spiro atoms. The lowest BCUT2D eigenvalue weighted by Crippen LogP contribution is -2.12. The molecule has 0 atom stereocenters. The topological polar surface area (TPSA) is 68.0 Å². The number of nitrogens with zero attached hydrogens (tertiary/aromatic N) is 1. The number of hydrogen-bond donors (Lipinski definition) is 2. The van der Waals surface area contributed by atoms with Gasteiger partial charge in [-0.05, 0) is 37.3 Å². The van der Waals surface area contributed by atoms with Crippen molar-refractivity contribution in [3.05, 3.63) is 53.6 Å². The molecule has 2 aromatic rings. The molecule has 0 fully saturated rings. The molecule has 1 heterocycles. The fourth-order valence-electron chi connectivity index (χ4n) is 1.41. The monoisotopic (exact) mass is 245 g/mol. The Labute approximate surface area is 104 Å². The van der Waals surface area contributed by atoms with Gasteiger partial charge in [0.25, 0.3) is 5.91 Å². The number of anilines is 2. The van der Waals surface area contributed by atoms with Crippen LogP contribution in [0.3, 0.4) is 0 Å². The van der Waals surface area contributed by atoms with E-state index in [1.165, 1.54) is 12.1 Å². The van der Waals surface area contributed by atoms with Crippen LogP contribution in [0.5, 0.6) is 0 Å². The third kappa shape index (κ3) is 2.63. The van der Waals surface area contributed by atoms with Gasteiger partial charge in [-0.3, -0.25) is 9.78 Å². The number of aryl methyl sites for hydroxylation is 1. The van der Waals surface area contributed by atoms with E-state index in [1.807, 2.05) is 6.92 Å². The minimum atomic E-state index is -0.607. The van der Waals surface area contributed by atoms with Gasteiger partial charge in [0, 0.05) is 11.3 Å². The highest BCUT2D eigenvalue weighted by atomic mass is 19.1. The zero-order valence-corrected chi connectivity index (χ0v) is 9.77. The van der Waals surface area contributed by atoms with Crippen LogP contribution in [0.1, 0.15) is 16.1 Å². The smallest absolute Gasteiger partial charge is 0.255 e. The molecule has 4 nitrogen and oxygen atoms in total. The van der Waals surface area contributed by atoms with Crippen LogP contribution in [0.25, 0.3) is 0 Å². The maximum absolute atomic E-state index is 13.2. The zero-order valence-electron chi connectivity index (χ0n) is 9.77. The molecular formula is C13H12FN3O. The largest absolute Gasteiger partial charge is 0.396 e. The van der Waals surface area contributed by atoms with Crippen molar-refractivity contribution in [1.29, 1.82) is 0 Å². The maximum Gasteiger partial charge on any atom is 0.255 e. The molecule has 2 rings (SSSR count). The van der Waals surface area contributed by atoms with Crippen LogP contribution < -0.4 is 11.1 Å². The SMILES string of the molecule is Cc1ccc(NC(=O)c2ccc(N)c(F)c2)cn1. The molecule has 1 aromatic carbocycles. The minimum absolute atomic E-state index is 0.0172. The molecular weight excluding hydrogens is 233 g/mol. The van der Waals surface area contributed by atoms with E-state index in [0.29, 0.717) is 5.69 Å². The Morgan fingerprint density at radius 2 is 2.11 bits per heavy atom. The summed E-state index contributed by atoms with van der Waals surface area (Å²) in [4.78, 5) is 15.9. The van der Waals surface area contributed by atoms with Crippen molar-refractivity contribution in [2.24, 2.45) is 0 Å². The average Bonchev–Trinajstić information content (AvgIpc) is 2.35. The molecule has 92 valence electrons. The van der Waals surface area contributed by atoms with Crippen molar-refractivity contribution in [3.8, 4) is 0 Å². The lowest BCUT2D eigenvalue weighted by atomic mass is 10.2. The van der Waals surface area contributed by atoms with Gasteiger partial charge in [-0.15, -0.1) is 0 Å². The first-order valence-corrected chi connectivity index (χ1v) is 5.35. The highest BCUT2D eigenvalue weighted by Gasteiger charge is 2.08. The molecule has 3 N–H and O–H groups in total. The zero-order chi connectivity index (χ0) is 13.1. The van der Waals surface area contributed by atoms with Gasteiger partial charge >= 0.3 is 0 Å². The second-order valence-corrected chi connectivity index (χ2v) is 3.88. The number of nitrogens with one attached hydrogen (secondary N) is 1. The van der Waals surface area contributed by atoms with Gasteiger partial charge in [0.1, 0.15) is 5.82 Å². The summed E-state index contributed by atoms with van der Waals surface area (Å²) in [5, 5.41) is 2.62. The molecule has 0 saturated carbocycles. The molecule has 0 saturated heterocycles. The van der Waals surface area contributed by atoms with Crippen LogP contribution in [0.15, 0.2) is 36.5 Å². The standard InChI is InChI=1S/C13H12FN3O/c1-8-2-4-10(7-16-8)17-13(18)9-3-5-12(15)11(14)6-9/h2-7H,15H2,1H3,(H,17,18). The number of hydrogen-bond acceptors (Lipinski definition) is 3. The van der Waals surface area contributed by atoms with Crippen molar-refractivity contribution in [1.82, 2.24) is 4.98 Å². The Bertz CT molecular complexity index is 581. The molecule has 0 radical (unpaired) electrons. The Balaban J connectivity index is 2.16. The van der Waals surface area contributed by atoms with Crippen molar-refractivity contribution in [2.45, 2.75) is 6.92 Å². The summed E-state index contributed by atoms with van der Waals surface area (Å²) in [6.07, 6.45) is 1.54. The van der Waals surface area contributed by atoms with Gasteiger partial charge in [0.05, 0.1) is 17.6 Å². The highest BCUT2D eigenvalue weighted by molar-refractivity contribution is 6.04. The van der Waals surface area contributed by atoms with Gasteiger partial charge in [-0.25, -0.2) is 4.39 Å². The summed E-state index contributed by atoms with van der Waals surface area (Å²) in [7, 11) is 0. The highest BCUT2D eigenvalue weighted by Crippen LogP contribution is 2.14. The van der Waals surface area contributed by atoms with Crippen molar-refractivity contribution in [3.63, 3.8) is 0 Å². The number of nitrogen functional groups attached to an aromatic ring is 1. The lowest BCUT2D eigenvalue weighted by molar-refractivity contribution is 0.102. The van der Waals surface area contributed by atoms with E-state index in [-0.39, 0.29) is 11.3 Å². The van der Waals surface area contributed by atoms with E-state index in [4.69, 9.17) is 5.73 Å². The van der Waals surface area contributed by atoms with Crippen molar-refractivity contribution in [2.75, 3.05) is 11.1 Å². The number of halogens is 1. The van der Waals surface area contributed by atoms with E-state index in [2.05, 4.69) is 10.3 Å². The summed E-state index contributed by atoms with van der Waals surface area (Å²) in [6, 6.07) is 7.44. The van der Waals surface area contributed by atoms with Crippen LogP contribution in [0.2, 0.25) is 0 Å². The number of carbonyl (C=O) groups is 1. The normalized spacial score (nSPS) is 10.1. The molecule has 5 heteroatoms. The second kappa shape index (κ2) is 4.83. The van der Waals surface area contributed by atoms with Crippen molar-refractivity contribution < 1.29 is 9.18 Å². The number of pyridine rings is 1. The lowest BCUT2D eigenvalue weighted by Gasteiger charge is -2.06. The quantitative estimate of drug-likeness (QED) is 0.798. The summed E-state index contributed by atoms with van der Waals surface area (Å²) in [5.41, 5.74) is 6.98. The van der Waals surface area contributed by atoms with E-state index in [1.54, 1.807) is 18.3 Å². The first-order valence-electron chi connectivity index (χ1n) is 5.35. The van der Waals surface area contributed by atoms with Crippen LogP contribution >= 0.6 is 0 Å². The van der Waals surface area contributed by atoms with Crippen molar-refractivity contribution >= 4 is 17.3 Å². The van der Waals surface area contributed by atoms with Crippen LogP contribution in [-0.4, -0.2) is 10.9 Å². The molecule has 0 aliphatic heterocycles. The van der Waals surface area contributed by atoms with E-state index in [0.717, 1.165) is 11.8 Å². The number of amides is 1. The van der Waals surface area contributed by atoms with E-state index >= 15 is 0 Å². The molecule has 18 heavy (non-hydrogen) atoms. The Morgan fingerprint density at radius 3 is 2.72 bits per heavy atom. The van der Waals surface area contributed by atoms with Gasteiger partial charge < -0.3 is 11.1 Å². The molecule has 0 aliphatic carbocycles. The maximum atomic E-state index is 13.2.